The van der Waals surface area contributed by atoms with Gasteiger partial charge in [0, 0.05) is 12.2 Å². The predicted molar refractivity (Wildman–Crippen MR) is 96.4 cm³/mol. The zero-order chi connectivity index (χ0) is 16.4. The van der Waals surface area contributed by atoms with E-state index in [1.54, 1.807) is 18.0 Å². The maximum atomic E-state index is 11.7. The lowest BCUT2D eigenvalue weighted by molar-refractivity contribution is 0.533. The summed E-state index contributed by atoms with van der Waals surface area (Å²) in [6.07, 6.45) is 1.02. The minimum atomic E-state index is -3.66. The molecule has 0 saturated carbocycles. The second-order valence-corrected chi connectivity index (χ2v) is 9.48. The summed E-state index contributed by atoms with van der Waals surface area (Å²) in [5.41, 5.74) is 2.14. The molecule has 2 aromatic rings. The number of thiophene rings is 1. The van der Waals surface area contributed by atoms with Crippen molar-refractivity contribution in [3.05, 3.63) is 42.0 Å². The summed E-state index contributed by atoms with van der Waals surface area (Å²) in [4.78, 5) is 0. The van der Waals surface area contributed by atoms with Crippen LogP contribution in [0.1, 0.15) is 24.9 Å². The van der Waals surface area contributed by atoms with E-state index >= 15 is 0 Å². The molecule has 0 spiro atoms. The van der Waals surface area contributed by atoms with E-state index in [9.17, 15) is 8.42 Å². The zero-order valence-electron chi connectivity index (χ0n) is 12.7. The molecule has 0 fully saturated rings. The van der Waals surface area contributed by atoms with Gasteiger partial charge in [-0.05, 0) is 48.7 Å². The summed E-state index contributed by atoms with van der Waals surface area (Å²) in [7, 11) is -3.66. The fraction of sp³-hybridized carbons (Fsp3) is 0.333. The number of sulfonamides is 1. The van der Waals surface area contributed by atoms with Gasteiger partial charge in [0.1, 0.15) is 4.21 Å². The van der Waals surface area contributed by atoms with Crippen molar-refractivity contribution in [2.24, 2.45) is 5.14 Å². The van der Waals surface area contributed by atoms with Crippen LogP contribution in [0.15, 0.2) is 44.8 Å². The molecular formula is C15H19N3O2S3. The van der Waals surface area contributed by atoms with Gasteiger partial charge >= 0.3 is 0 Å². The highest BCUT2D eigenvalue weighted by Gasteiger charge is 2.30. The third-order valence-corrected chi connectivity index (χ3v) is 7.41. The summed E-state index contributed by atoms with van der Waals surface area (Å²) >= 11 is 2.82. The molecule has 0 aliphatic carbocycles. The second kappa shape index (κ2) is 6.82. The van der Waals surface area contributed by atoms with Gasteiger partial charge in [0.2, 0.25) is 10.0 Å². The van der Waals surface area contributed by atoms with Gasteiger partial charge in [-0.1, -0.05) is 25.1 Å². The molecule has 0 bridgehead atoms. The molecule has 1 aliphatic heterocycles. The van der Waals surface area contributed by atoms with Crippen LogP contribution in [-0.2, 0) is 10.0 Å². The molecule has 0 saturated heterocycles. The number of nitrogens with two attached hydrogens (primary N) is 1. The van der Waals surface area contributed by atoms with Crippen LogP contribution in [0.5, 0.6) is 0 Å². The highest BCUT2D eigenvalue weighted by Crippen LogP contribution is 2.45. The molecule has 23 heavy (non-hydrogen) atoms. The van der Waals surface area contributed by atoms with Gasteiger partial charge in [-0.2, -0.15) is 0 Å². The first-order valence-electron chi connectivity index (χ1n) is 7.39. The topological polar surface area (TPSA) is 75.4 Å². The summed E-state index contributed by atoms with van der Waals surface area (Å²) < 4.78 is 26.7. The largest absolute Gasteiger partial charge is 0.310 e. The Morgan fingerprint density at radius 2 is 2.09 bits per heavy atom. The Bertz CT molecular complexity index is 775. The third-order valence-electron chi connectivity index (χ3n) is 3.58. The highest BCUT2D eigenvalue weighted by molar-refractivity contribution is 8.03. The van der Waals surface area contributed by atoms with Gasteiger partial charge in [0.15, 0.2) is 0 Å². The normalized spacial score (nSPS) is 18.0. The fourth-order valence-electron chi connectivity index (χ4n) is 2.47. The smallest absolute Gasteiger partial charge is 0.247 e. The van der Waals surface area contributed by atoms with E-state index in [0.29, 0.717) is 0 Å². The number of anilines is 1. The Hall–Kier alpha value is -1.06. The Labute approximate surface area is 145 Å². The van der Waals surface area contributed by atoms with Crippen molar-refractivity contribution in [1.29, 1.82) is 0 Å². The number of primary sulfonamides is 1. The van der Waals surface area contributed by atoms with Crippen molar-refractivity contribution in [3.8, 4) is 0 Å². The van der Waals surface area contributed by atoms with Crippen molar-refractivity contribution < 1.29 is 8.42 Å². The SMILES string of the molecule is CCCNC1CN(c2ccccc2)Sc2sc(S(N)(=O)=O)cc21. The first kappa shape index (κ1) is 16.8. The fourth-order valence-corrected chi connectivity index (χ4v) is 5.96. The lowest BCUT2D eigenvalue weighted by atomic mass is 10.1. The van der Waals surface area contributed by atoms with Gasteiger partial charge in [-0.3, -0.25) is 0 Å². The maximum Gasteiger partial charge on any atom is 0.247 e. The van der Waals surface area contributed by atoms with Crippen LogP contribution in [0.2, 0.25) is 0 Å². The molecule has 1 unspecified atom stereocenters. The molecular weight excluding hydrogens is 350 g/mol. The molecule has 5 nitrogen and oxygen atoms in total. The summed E-state index contributed by atoms with van der Waals surface area (Å²) in [5.74, 6) is 0. The number of nitrogens with zero attached hydrogens (tertiary/aromatic N) is 1. The molecule has 1 aromatic carbocycles. The van der Waals surface area contributed by atoms with Crippen LogP contribution in [0, 0.1) is 0 Å². The molecule has 8 heteroatoms. The van der Waals surface area contributed by atoms with E-state index in [0.717, 1.165) is 35.0 Å². The van der Waals surface area contributed by atoms with E-state index in [4.69, 9.17) is 5.14 Å². The van der Waals surface area contributed by atoms with Crippen molar-refractivity contribution in [1.82, 2.24) is 5.32 Å². The maximum absolute atomic E-state index is 11.7. The average molecular weight is 370 g/mol. The molecule has 3 N–H and O–H groups in total. The van der Waals surface area contributed by atoms with E-state index in [2.05, 4.69) is 28.7 Å². The molecule has 0 amide bonds. The van der Waals surface area contributed by atoms with Crippen molar-refractivity contribution in [2.45, 2.75) is 27.8 Å². The molecule has 3 rings (SSSR count). The van der Waals surface area contributed by atoms with Crippen molar-refractivity contribution in [2.75, 3.05) is 17.4 Å². The first-order chi connectivity index (χ1) is 11.0. The first-order valence-corrected chi connectivity index (χ1v) is 10.5. The molecule has 1 aliphatic rings. The Kier molecular flexibility index (Phi) is 4.98. The minimum absolute atomic E-state index is 0.0955. The van der Waals surface area contributed by atoms with Crippen LogP contribution in [0.3, 0.4) is 0 Å². The number of benzene rings is 1. The molecule has 1 atom stereocenters. The highest BCUT2D eigenvalue weighted by atomic mass is 32.3. The van der Waals surface area contributed by atoms with Gasteiger partial charge in [0.25, 0.3) is 0 Å². The molecule has 2 heterocycles. The number of rotatable bonds is 5. The number of para-hydroxylation sites is 1. The zero-order valence-corrected chi connectivity index (χ0v) is 15.2. The standard InChI is InChI=1S/C15H19N3O2S3/c1-2-8-17-13-10-18(11-6-4-3-5-7-11)22-15-12(13)9-14(21-15)23(16,19)20/h3-7,9,13,17H,2,8,10H2,1H3,(H2,16,19,20). The summed E-state index contributed by atoms with van der Waals surface area (Å²) in [6.45, 7) is 3.78. The van der Waals surface area contributed by atoms with Gasteiger partial charge in [0.05, 0.1) is 10.3 Å². The molecule has 1 aromatic heterocycles. The summed E-state index contributed by atoms with van der Waals surface area (Å²) in [5, 5.41) is 8.81. The van der Waals surface area contributed by atoms with E-state index < -0.39 is 10.0 Å². The lowest BCUT2D eigenvalue weighted by Crippen LogP contribution is -2.35. The third kappa shape index (κ3) is 3.72. The van der Waals surface area contributed by atoms with E-state index in [1.165, 1.54) is 11.3 Å². The Morgan fingerprint density at radius 1 is 1.35 bits per heavy atom. The van der Waals surface area contributed by atoms with Crippen molar-refractivity contribution in [3.63, 3.8) is 0 Å². The van der Waals surface area contributed by atoms with Gasteiger partial charge in [-0.25, -0.2) is 13.6 Å². The summed E-state index contributed by atoms with van der Waals surface area (Å²) in [6, 6.07) is 11.9. The predicted octanol–water partition coefficient (Wildman–Crippen LogP) is 2.96. The molecule has 124 valence electrons. The molecule has 0 radical (unpaired) electrons. The second-order valence-electron chi connectivity index (χ2n) is 5.35. The van der Waals surface area contributed by atoms with Crippen LogP contribution in [-0.4, -0.2) is 21.5 Å². The lowest BCUT2D eigenvalue weighted by Gasteiger charge is -2.33. The number of fused-ring (bicyclic) bond motifs is 1. The van der Waals surface area contributed by atoms with Crippen LogP contribution >= 0.6 is 23.3 Å². The quantitative estimate of drug-likeness (QED) is 0.793. The van der Waals surface area contributed by atoms with Crippen molar-refractivity contribution >= 4 is 39.0 Å². The minimum Gasteiger partial charge on any atom is -0.310 e. The monoisotopic (exact) mass is 369 g/mol. The van der Waals surface area contributed by atoms with Gasteiger partial charge < -0.3 is 9.62 Å². The number of hydrogen-bond donors (Lipinski definition) is 2. The Morgan fingerprint density at radius 3 is 2.74 bits per heavy atom. The number of nitrogens with one attached hydrogen (secondary N) is 1. The van der Waals surface area contributed by atoms with Gasteiger partial charge in [-0.15, -0.1) is 11.3 Å². The van der Waals surface area contributed by atoms with Crippen LogP contribution < -0.4 is 14.8 Å². The average Bonchev–Trinajstić information content (AvgIpc) is 2.98. The number of hydrogen-bond acceptors (Lipinski definition) is 6. The van der Waals surface area contributed by atoms with E-state index in [1.807, 2.05) is 18.2 Å². The van der Waals surface area contributed by atoms with Crippen LogP contribution in [0.4, 0.5) is 5.69 Å². The van der Waals surface area contributed by atoms with Crippen LogP contribution in [0.25, 0.3) is 0 Å². The Balaban J connectivity index is 1.96. The van der Waals surface area contributed by atoms with E-state index in [-0.39, 0.29) is 10.3 Å².